The predicted octanol–water partition coefficient (Wildman–Crippen LogP) is 5.96. The zero-order valence-electron chi connectivity index (χ0n) is 22.9. The number of ether oxygens (including phenoxy) is 2. The van der Waals surface area contributed by atoms with Crippen molar-refractivity contribution in [1.82, 2.24) is 0 Å². The van der Waals surface area contributed by atoms with Crippen molar-refractivity contribution in [3.8, 4) is 0 Å². The largest absolute Gasteiger partial charge is 0.460 e. The van der Waals surface area contributed by atoms with E-state index in [0.29, 0.717) is 30.3 Å². The number of quaternary nitrogens is 1. The number of aliphatic hydroxyl groups is 1. The van der Waals surface area contributed by atoms with Gasteiger partial charge in [0.2, 0.25) is 0 Å². The Morgan fingerprint density at radius 2 is 1.50 bits per heavy atom. The van der Waals surface area contributed by atoms with Gasteiger partial charge in [-0.2, -0.15) is 0 Å². The fraction of sp³-hybridized carbons (Fsp3) is 0.857. The molecule has 0 aromatic rings. The molecule has 0 bridgehead atoms. The average Bonchev–Trinajstić information content (AvgIpc) is 2.77. The van der Waals surface area contributed by atoms with Crippen molar-refractivity contribution in [2.24, 2.45) is 0 Å². The molecule has 0 aliphatic rings. The summed E-state index contributed by atoms with van der Waals surface area (Å²) in [4.78, 5) is 24.2. The van der Waals surface area contributed by atoms with Crippen LogP contribution < -0.4 is 0 Å². The van der Waals surface area contributed by atoms with E-state index in [1.165, 1.54) is 38.5 Å². The van der Waals surface area contributed by atoms with Crippen LogP contribution in [-0.4, -0.2) is 67.5 Å². The molecule has 200 valence electrons. The number of rotatable bonds is 22. The molecule has 0 amide bonds. The maximum atomic E-state index is 12.7. The fourth-order valence-electron chi connectivity index (χ4n) is 3.79. The quantitative estimate of drug-likeness (QED) is 0.0889. The Kier molecular flexibility index (Phi) is 20.1. The summed E-state index contributed by atoms with van der Waals surface area (Å²) in [5.41, 5.74) is 0. The second-order valence-electron chi connectivity index (χ2n) is 10.1. The lowest BCUT2D eigenvalue weighted by Crippen LogP contribution is -2.48. The van der Waals surface area contributed by atoms with Crippen LogP contribution in [0.5, 0.6) is 0 Å². The third-order valence-corrected chi connectivity index (χ3v) is 6.04. The molecule has 2 atom stereocenters. The molecule has 6 heteroatoms. The third kappa shape index (κ3) is 19.0. The third-order valence-electron chi connectivity index (χ3n) is 6.04. The van der Waals surface area contributed by atoms with Crippen LogP contribution in [0, 0.1) is 0 Å². The maximum absolute atomic E-state index is 12.7. The van der Waals surface area contributed by atoms with Crippen molar-refractivity contribution in [3.63, 3.8) is 0 Å². The summed E-state index contributed by atoms with van der Waals surface area (Å²) in [6.45, 7) is 7.30. The van der Waals surface area contributed by atoms with Gasteiger partial charge in [0.25, 0.3) is 0 Å². The zero-order valence-corrected chi connectivity index (χ0v) is 22.9. The summed E-state index contributed by atoms with van der Waals surface area (Å²) in [5.74, 6) is -0.518. The van der Waals surface area contributed by atoms with Gasteiger partial charge in [-0.25, -0.2) is 4.79 Å². The van der Waals surface area contributed by atoms with Gasteiger partial charge in [-0.15, -0.1) is 0 Å². The molecule has 0 aromatic carbocycles. The second-order valence-corrected chi connectivity index (χ2v) is 10.1. The molecule has 0 aliphatic heterocycles. The number of nitrogens with zero attached hydrogens (tertiary/aromatic N) is 1. The topological polar surface area (TPSA) is 72.8 Å². The highest BCUT2D eigenvalue weighted by Crippen LogP contribution is 2.15. The van der Waals surface area contributed by atoms with E-state index in [4.69, 9.17) is 9.47 Å². The Hall–Kier alpha value is -1.40. The van der Waals surface area contributed by atoms with E-state index in [9.17, 15) is 14.7 Å². The van der Waals surface area contributed by atoms with Crippen molar-refractivity contribution < 1.29 is 28.7 Å². The highest BCUT2D eigenvalue weighted by Gasteiger charge is 2.27. The molecule has 0 fully saturated rings. The molecule has 0 spiro atoms. The summed E-state index contributed by atoms with van der Waals surface area (Å²) in [6.07, 6.45) is 17.1. The predicted molar refractivity (Wildman–Crippen MR) is 139 cm³/mol. The van der Waals surface area contributed by atoms with Gasteiger partial charge < -0.3 is 19.1 Å². The maximum Gasteiger partial charge on any atom is 0.362 e. The lowest BCUT2D eigenvalue weighted by atomic mass is 10.0. The summed E-state index contributed by atoms with van der Waals surface area (Å²) in [6, 6.07) is 0. The Morgan fingerprint density at radius 3 is 2.18 bits per heavy atom. The number of allylic oxidation sites excluding steroid dienone is 1. The molecule has 0 heterocycles. The summed E-state index contributed by atoms with van der Waals surface area (Å²) in [7, 11) is 3.84. The van der Waals surface area contributed by atoms with Crippen LogP contribution in [0.25, 0.3) is 0 Å². The van der Waals surface area contributed by atoms with E-state index in [-0.39, 0.29) is 25.1 Å². The van der Waals surface area contributed by atoms with Gasteiger partial charge in [-0.1, -0.05) is 77.9 Å². The fourth-order valence-corrected chi connectivity index (χ4v) is 3.79. The minimum atomic E-state index is -0.688. The highest BCUT2D eigenvalue weighted by atomic mass is 16.6. The van der Waals surface area contributed by atoms with Gasteiger partial charge in [0.15, 0.2) is 6.54 Å². The zero-order chi connectivity index (χ0) is 25.7. The van der Waals surface area contributed by atoms with Gasteiger partial charge in [-0.3, -0.25) is 4.79 Å². The van der Waals surface area contributed by atoms with Crippen molar-refractivity contribution in [1.29, 1.82) is 0 Å². The number of carbonyl (C=O) groups is 2. The first kappa shape index (κ1) is 32.6. The van der Waals surface area contributed by atoms with Crippen molar-refractivity contribution in [3.05, 3.63) is 12.2 Å². The number of hydrogen-bond acceptors (Lipinski definition) is 5. The normalized spacial score (nSPS) is 13.7. The van der Waals surface area contributed by atoms with Crippen LogP contribution in [0.4, 0.5) is 0 Å². The first-order valence-corrected chi connectivity index (χ1v) is 13.8. The molecule has 0 saturated heterocycles. The number of likely N-dealkylation sites (N-methyl/N-ethyl adjacent to an activating group) is 1. The number of hydrogen-bond donors (Lipinski definition) is 1. The van der Waals surface area contributed by atoms with Crippen LogP contribution in [0.3, 0.4) is 0 Å². The number of carbonyl (C=O) groups excluding carboxylic acids is 2. The summed E-state index contributed by atoms with van der Waals surface area (Å²) in [5, 5.41) is 10.7. The Balaban J connectivity index is 4.51. The highest BCUT2D eigenvalue weighted by molar-refractivity contribution is 5.71. The molecule has 0 rings (SSSR count). The van der Waals surface area contributed by atoms with E-state index in [1.807, 2.05) is 27.1 Å². The minimum Gasteiger partial charge on any atom is -0.460 e. The molecule has 0 aromatic heterocycles. The van der Waals surface area contributed by atoms with Crippen molar-refractivity contribution >= 4 is 11.9 Å². The molecular formula is C28H54NO5+. The number of esters is 2. The second kappa shape index (κ2) is 20.9. The van der Waals surface area contributed by atoms with E-state index >= 15 is 0 Å². The van der Waals surface area contributed by atoms with Crippen LogP contribution in [0.15, 0.2) is 12.2 Å². The molecule has 0 radical (unpaired) electrons. The Morgan fingerprint density at radius 1 is 0.853 bits per heavy atom. The monoisotopic (exact) mass is 484 g/mol. The van der Waals surface area contributed by atoms with Gasteiger partial charge >= 0.3 is 11.9 Å². The van der Waals surface area contributed by atoms with Gasteiger partial charge in [0.05, 0.1) is 20.2 Å². The first-order valence-electron chi connectivity index (χ1n) is 13.8. The molecule has 0 saturated carbocycles. The standard InChI is InChI=1S/C28H54NO5/c1-6-9-11-12-13-14-15-16-18-20-25(30)26(21-17-10-7-2)34-28(32)24-29(4,5)22-23-33-27(31)19-8-3/h16,18,25-26,30H,6-15,17,19-24H2,1-5H3/q+1. The van der Waals surface area contributed by atoms with Crippen LogP contribution >= 0.6 is 0 Å². The van der Waals surface area contributed by atoms with Crippen LogP contribution in [-0.2, 0) is 19.1 Å². The van der Waals surface area contributed by atoms with Gasteiger partial charge in [-0.05, 0) is 38.5 Å². The molecular weight excluding hydrogens is 430 g/mol. The van der Waals surface area contributed by atoms with Gasteiger partial charge in [0.1, 0.15) is 19.3 Å². The number of unbranched alkanes of at least 4 members (excludes halogenated alkanes) is 8. The minimum absolute atomic E-state index is 0.177. The van der Waals surface area contributed by atoms with Crippen molar-refractivity contribution in [2.45, 2.75) is 123 Å². The average molecular weight is 485 g/mol. The molecule has 2 unspecified atom stereocenters. The lowest BCUT2D eigenvalue weighted by Gasteiger charge is -2.30. The molecule has 0 aliphatic carbocycles. The Labute approximate surface area is 209 Å². The van der Waals surface area contributed by atoms with E-state index in [2.05, 4.69) is 19.9 Å². The molecule has 1 N–H and O–H groups in total. The van der Waals surface area contributed by atoms with Crippen LogP contribution in [0.1, 0.15) is 111 Å². The van der Waals surface area contributed by atoms with E-state index < -0.39 is 12.2 Å². The van der Waals surface area contributed by atoms with E-state index in [1.54, 1.807) is 0 Å². The first-order chi connectivity index (χ1) is 16.3. The van der Waals surface area contributed by atoms with Crippen molar-refractivity contribution in [2.75, 3.05) is 33.8 Å². The van der Waals surface area contributed by atoms with Crippen LogP contribution in [0.2, 0.25) is 0 Å². The molecule has 34 heavy (non-hydrogen) atoms. The van der Waals surface area contributed by atoms with E-state index in [0.717, 1.165) is 32.1 Å². The Bertz CT molecular complexity index is 547. The van der Waals surface area contributed by atoms with Gasteiger partial charge in [0, 0.05) is 6.42 Å². The SMILES string of the molecule is CCCCCCCCC=CCC(O)C(CCCCC)OC(=O)C[N+](C)(C)CCOC(=O)CCC. The smallest absolute Gasteiger partial charge is 0.362 e. The summed E-state index contributed by atoms with van der Waals surface area (Å²) < 4.78 is 11.3. The number of aliphatic hydroxyl groups excluding tert-OH is 1. The lowest BCUT2D eigenvalue weighted by molar-refractivity contribution is -0.883. The summed E-state index contributed by atoms with van der Waals surface area (Å²) >= 11 is 0. The molecule has 6 nitrogen and oxygen atoms in total.